The van der Waals surface area contributed by atoms with Crippen LogP contribution in [0.2, 0.25) is 0 Å². The van der Waals surface area contributed by atoms with Gasteiger partial charge in [-0.2, -0.15) is 0 Å². The molecule has 4 nitrogen and oxygen atoms in total. The van der Waals surface area contributed by atoms with E-state index in [0.717, 1.165) is 11.1 Å². The zero-order chi connectivity index (χ0) is 14.3. The molecule has 1 amide bonds. The Morgan fingerprint density at radius 3 is 2.42 bits per heavy atom. The third kappa shape index (κ3) is 5.41. The zero-order valence-electron chi connectivity index (χ0n) is 12.0. The van der Waals surface area contributed by atoms with Crippen LogP contribution in [0.15, 0.2) is 24.3 Å². The van der Waals surface area contributed by atoms with Crippen molar-refractivity contribution >= 4 is 5.91 Å². The average Bonchev–Trinajstić information content (AvgIpc) is 2.36. The molecule has 0 saturated heterocycles. The first-order valence-electron chi connectivity index (χ1n) is 6.64. The summed E-state index contributed by atoms with van der Waals surface area (Å²) in [6.45, 7) is 4.97. The standard InChI is InChI=1S/C15H24N2O2/c1-11(2)17-15(18)8-14(9-16)13-6-4-12(5-7-13)10-19-3/h4-7,11,14H,8-10,16H2,1-3H3,(H,17,18). The Morgan fingerprint density at radius 2 is 1.95 bits per heavy atom. The molecular weight excluding hydrogens is 240 g/mol. The van der Waals surface area contributed by atoms with Gasteiger partial charge in [0.1, 0.15) is 0 Å². The molecule has 106 valence electrons. The van der Waals surface area contributed by atoms with Crippen LogP contribution in [-0.4, -0.2) is 25.6 Å². The van der Waals surface area contributed by atoms with Gasteiger partial charge in [0.2, 0.25) is 5.91 Å². The van der Waals surface area contributed by atoms with Gasteiger partial charge in [0.05, 0.1) is 6.61 Å². The molecule has 1 unspecified atom stereocenters. The minimum atomic E-state index is 0.0476. The molecule has 0 fully saturated rings. The molecule has 0 aliphatic heterocycles. The second-order valence-corrected chi connectivity index (χ2v) is 5.03. The lowest BCUT2D eigenvalue weighted by Gasteiger charge is -2.16. The van der Waals surface area contributed by atoms with Gasteiger partial charge in [0.25, 0.3) is 0 Å². The van der Waals surface area contributed by atoms with Crippen molar-refractivity contribution < 1.29 is 9.53 Å². The fourth-order valence-electron chi connectivity index (χ4n) is 1.99. The number of hydrogen-bond donors (Lipinski definition) is 2. The van der Waals surface area contributed by atoms with Crippen molar-refractivity contribution in [2.24, 2.45) is 5.73 Å². The number of rotatable bonds is 7. The number of ether oxygens (including phenoxy) is 1. The van der Waals surface area contributed by atoms with E-state index in [1.807, 2.05) is 38.1 Å². The van der Waals surface area contributed by atoms with E-state index in [2.05, 4.69) is 5.32 Å². The molecule has 0 radical (unpaired) electrons. The molecule has 1 aromatic carbocycles. The van der Waals surface area contributed by atoms with Crippen LogP contribution in [0.25, 0.3) is 0 Å². The third-order valence-corrected chi connectivity index (χ3v) is 2.93. The van der Waals surface area contributed by atoms with Crippen LogP contribution in [0.1, 0.15) is 37.3 Å². The second kappa shape index (κ2) is 7.92. The molecule has 1 aromatic rings. The highest BCUT2D eigenvalue weighted by Crippen LogP contribution is 2.19. The topological polar surface area (TPSA) is 64.3 Å². The zero-order valence-corrected chi connectivity index (χ0v) is 12.0. The Morgan fingerprint density at radius 1 is 1.32 bits per heavy atom. The maximum absolute atomic E-state index is 11.8. The Kier molecular flexibility index (Phi) is 6.53. The van der Waals surface area contributed by atoms with Crippen molar-refractivity contribution in [2.45, 2.75) is 38.8 Å². The molecule has 0 bridgehead atoms. The molecule has 0 aliphatic rings. The van der Waals surface area contributed by atoms with E-state index in [9.17, 15) is 4.79 Å². The molecule has 0 aromatic heterocycles. The lowest BCUT2D eigenvalue weighted by molar-refractivity contribution is -0.121. The Labute approximate surface area is 115 Å². The monoisotopic (exact) mass is 264 g/mol. The van der Waals surface area contributed by atoms with Crippen LogP contribution >= 0.6 is 0 Å². The van der Waals surface area contributed by atoms with E-state index >= 15 is 0 Å². The van der Waals surface area contributed by atoms with Gasteiger partial charge in [0, 0.05) is 25.5 Å². The van der Waals surface area contributed by atoms with Gasteiger partial charge >= 0.3 is 0 Å². The largest absolute Gasteiger partial charge is 0.380 e. The van der Waals surface area contributed by atoms with Crippen LogP contribution in [-0.2, 0) is 16.1 Å². The van der Waals surface area contributed by atoms with E-state index in [1.165, 1.54) is 0 Å². The minimum absolute atomic E-state index is 0.0476. The molecule has 3 N–H and O–H groups in total. The summed E-state index contributed by atoms with van der Waals surface area (Å²) in [6, 6.07) is 8.24. The molecule has 1 rings (SSSR count). The van der Waals surface area contributed by atoms with Crippen molar-refractivity contribution in [2.75, 3.05) is 13.7 Å². The summed E-state index contributed by atoms with van der Waals surface area (Å²) in [7, 11) is 1.67. The predicted molar refractivity (Wildman–Crippen MR) is 76.8 cm³/mol. The summed E-state index contributed by atoms with van der Waals surface area (Å²) >= 11 is 0. The second-order valence-electron chi connectivity index (χ2n) is 5.03. The van der Waals surface area contributed by atoms with Crippen molar-refractivity contribution in [3.05, 3.63) is 35.4 Å². The quantitative estimate of drug-likeness (QED) is 0.789. The van der Waals surface area contributed by atoms with Crippen LogP contribution in [0.5, 0.6) is 0 Å². The first-order valence-corrected chi connectivity index (χ1v) is 6.64. The number of benzene rings is 1. The van der Waals surface area contributed by atoms with E-state index in [-0.39, 0.29) is 17.9 Å². The summed E-state index contributed by atoms with van der Waals surface area (Å²) in [5.41, 5.74) is 7.99. The van der Waals surface area contributed by atoms with Crippen molar-refractivity contribution in [3.8, 4) is 0 Å². The summed E-state index contributed by atoms with van der Waals surface area (Å²) < 4.78 is 5.07. The van der Waals surface area contributed by atoms with E-state index < -0.39 is 0 Å². The highest BCUT2D eigenvalue weighted by molar-refractivity contribution is 5.77. The predicted octanol–water partition coefficient (Wildman–Crippen LogP) is 1.79. The SMILES string of the molecule is COCc1ccc(C(CN)CC(=O)NC(C)C)cc1. The number of nitrogens with one attached hydrogen (secondary N) is 1. The third-order valence-electron chi connectivity index (χ3n) is 2.93. The van der Waals surface area contributed by atoms with Crippen LogP contribution < -0.4 is 11.1 Å². The Hall–Kier alpha value is -1.39. The normalized spacial score (nSPS) is 12.5. The number of hydrogen-bond acceptors (Lipinski definition) is 3. The first-order chi connectivity index (χ1) is 9.06. The first kappa shape index (κ1) is 15.7. The molecule has 4 heteroatoms. The van der Waals surface area contributed by atoms with E-state index in [4.69, 9.17) is 10.5 Å². The Balaban J connectivity index is 2.66. The Bertz CT molecular complexity index is 388. The maximum atomic E-state index is 11.8. The fourth-order valence-corrected chi connectivity index (χ4v) is 1.99. The number of nitrogens with two attached hydrogens (primary N) is 1. The van der Waals surface area contributed by atoms with Gasteiger partial charge in [-0.3, -0.25) is 4.79 Å². The van der Waals surface area contributed by atoms with Gasteiger partial charge in [-0.25, -0.2) is 0 Å². The van der Waals surface area contributed by atoms with Crippen LogP contribution in [0.3, 0.4) is 0 Å². The summed E-state index contributed by atoms with van der Waals surface area (Å²) in [4.78, 5) is 11.8. The average molecular weight is 264 g/mol. The molecular formula is C15H24N2O2. The summed E-state index contributed by atoms with van der Waals surface area (Å²) in [6.07, 6.45) is 0.429. The van der Waals surface area contributed by atoms with E-state index in [1.54, 1.807) is 7.11 Å². The van der Waals surface area contributed by atoms with Crippen LogP contribution in [0, 0.1) is 0 Å². The molecule has 19 heavy (non-hydrogen) atoms. The highest BCUT2D eigenvalue weighted by atomic mass is 16.5. The minimum Gasteiger partial charge on any atom is -0.380 e. The molecule has 0 spiro atoms. The number of carbonyl (C=O) groups is 1. The summed E-state index contributed by atoms with van der Waals surface area (Å²) in [5, 5.41) is 2.89. The lowest BCUT2D eigenvalue weighted by atomic mass is 9.94. The lowest BCUT2D eigenvalue weighted by Crippen LogP contribution is -2.32. The number of amides is 1. The van der Waals surface area contributed by atoms with Crippen molar-refractivity contribution in [3.63, 3.8) is 0 Å². The van der Waals surface area contributed by atoms with Gasteiger partial charge in [-0.1, -0.05) is 24.3 Å². The van der Waals surface area contributed by atoms with E-state index in [0.29, 0.717) is 19.6 Å². The molecule has 0 aliphatic carbocycles. The molecule has 1 atom stereocenters. The smallest absolute Gasteiger partial charge is 0.220 e. The fraction of sp³-hybridized carbons (Fsp3) is 0.533. The molecule has 0 saturated carbocycles. The van der Waals surface area contributed by atoms with Gasteiger partial charge in [-0.15, -0.1) is 0 Å². The number of carbonyl (C=O) groups excluding carboxylic acids is 1. The van der Waals surface area contributed by atoms with Crippen molar-refractivity contribution in [1.29, 1.82) is 0 Å². The van der Waals surface area contributed by atoms with Gasteiger partial charge in [-0.05, 0) is 31.5 Å². The summed E-state index contributed by atoms with van der Waals surface area (Å²) in [5.74, 6) is 0.113. The highest BCUT2D eigenvalue weighted by Gasteiger charge is 2.15. The van der Waals surface area contributed by atoms with Crippen LogP contribution in [0.4, 0.5) is 0 Å². The maximum Gasteiger partial charge on any atom is 0.220 e. The van der Waals surface area contributed by atoms with Gasteiger partial charge < -0.3 is 15.8 Å². The van der Waals surface area contributed by atoms with Crippen molar-refractivity contribution in [1.82, 2.24) is 5.32 Å². The number of methoxy groups -OCH3 is 1. The molecule has 0 heterocycles. The van der Waals surface area contributed by atoms with Gasteiger partial charge in [0.15, 0.2) is 0 Å².